The second-order valence-electron chi connectivity index (χ2n) is 4.97. The molecule has 0 saturated carbocycles. The van der Waals surface area contributed by atoms with Crippen LogP contribution in [0.1, 0.15) is 29.7 Å². The van der Waals surface area contributed by atoms with Crippen LogP contribution in [0.2, 0.25) is 5.02 Å². The van der Waals surface area contributed by atoms with Crippen molar-refractivity contribution < 1.29 is 0 Å². The molecule has 20 heavy (non-hydrogen) atoms. The standard InChI is InChI=1S/C17H17ClN2/c1-12-4-5-15(11-19)17(10-12)20(3)13(2)14-6-8-16(18)9-7-14/h4-10,13H,1-3H3. The predicted octanol–water partition coefficient (Wildman–Crippen LogP) is 4.72. The molecule has 0 aliphatic heterocycles. The summed E-state index contributed by atoms with van der Waals surface area (Å²) in [5, 5.41) is 9.99. The zero-order valence-electron chi connectivity index (χ0n) is 11.9. The number of rotatable bonds is 3. The van der Waals surface area contributed by atoms with Crippen molar-refractivity contribution in [3.8, 4) is 6.07 Å². The Balaban J connectivity index is 2.36. The van der Waals surface area contributed by atoms with E-state index >= 15 is 0 Å². The van der Waals surface area contributed by atoms with Gasteiger partial charge in [-0.25, -0.2) is 0 Å². The van der Waals surface area contributed by atoms with Gasteiger partial charge in [0.25, 0.3) is 0 Å². The van der Waals surface area contributed by atoms with Gasteiger partial charge in [0, 0.05) is 12.1 Å². The molecule has 0 spiro atoms. The van der Waals surface area contributed by atoms with Gasteiger partial charge in [0.2, 0.25) is 0 Å². The average Bonchev–Trinajstić information content (AvgIpc) is 2.46. The van der Waals surface area contributed by atoms with E-state index in [0.717, 1.165) is 16.3 Å². The molecule has 0 saturated heterocycles. The van der Waals surface area contributed by atoms with Crippen LogP contribution in [0.3, 0.4) is 0 Å². The molecule has 3 heteroatoms. The van der Waals surface area contributed by atoms with E-state index in [4.69, 9.17) is 11.6 Å². The molecule has 2 aromatic rings. The van der Waals surface area contributed by atoms with Gasteiger partial charge in [0.1, 0.15) is 6.07 Å². The van der Waals surface area contributed by atoms with Crippen LogP contribution >= 0.6 is 11.6 Å². The highest BCUT2D eigenvalue weighted by atomic mass is 35.5. The van der Waals surface area contributed by atoms with Gasteiger partial charge in [0.15, 0.2) is 0 Å². The maximum atomic E-state index is 9.25. The summed E-state index contributed by atoms with van der Waals surface area (Å²) in [5.74, 6) is 0. The molecule has 0 amide bonds. The van der Waals surface area contributed by atoms with E-state index < -0.39 is 0 Å². The Morgan fingerprint density at radius 2 is 1.80 bits per heavy atom. The largest absolute Gasteiger partial charge is 0.367 e. The molecular formula is C17H17ClN2. The Labute approximate surface area is 125 Å². The molecule has 0 radical (unpaired) electrons. The third kappa shape index (κ3) is 2.95. The normalized spacial score (nSPS) is 11.8. The first kappa shape index (κ1) is 14.4. The van der Waals surface area contributed by atoms with E-state index in [9.17, 15) is 5.26 Å². The highest BCUT2D eigenvalue weighted by molar-refractivity contribution is 6.30. The van der Waals surface area contributed by atoms with E-state index in [0.29, 0.717) is 5.56 Å². The minimum Gasteiger partial charge on any atom is -0.367 e. The lowest BCUT2D eigenvalue weighted by atomic mass is 10.0. The van der Waals surface area contributed by atoms with Crippen molar-refractivity contribution in [2.75, 3.05) is 11.9 Å². The molecule has 0 N–H and O–H groups in total. The number of hydrogen-bond acceptors (Lipinski definition) is 2. The molecule has 0 heterocycles. The number of hydrogen-bond donors (Lipinski definition) is 0. The van der Waals surface area contributed by atoms with Crippen LogP contribution in [-0.4, -0.2) is 7.05 Å². The third-order valence-corrected chi connectivity index (χ3v) is 3.84. The molecule has 2 aromatic carbocycles. The van der Waals surface area contributed by atoms with Gasteiger partial charge in [-0.3, -0.25) is 0 Å². The van der Waals surface area contributed by atoms with Crippen molar-refractivity contribution in [2.45, 2.75) is 19.9 Å². The topological polar surface area (TPSA) is 27.0 Å². The second kappa shape index (κ2) is 5.98. The van der Waals surface area contributed by atoms with E-state index in [-0.39, 0.29) is 6.04 Å². The number of anilines is 1. The number of halogens is 1. The van der Waals surface area contributed by atoms with Crippen molar-refractivity contribution in [1.29, 1.82) is 5.26 Å². The van der Waals surface area contributed by atoms with Gasteiger partial charge < -0.3 is 4.90 Å². The molecule has 0 bridgehead atoms. The Morgan fingerprint density at radius 1 is 1.15 bits per heavy atom. The lowest BCUT2D eigenvalue weighted by Crippen LogP contribution is -2.22. The molecule has 0 aliphatic rings. The lowest BCUT2D eigenvalue weighted by Gasteiger charge is -2.28. The van der Waals surface area contributed by atoms with Gasteiger partial charge in [-0.05, 0) is 49.2 Å². The number of nitrogens with zero attached hydrogens (tertiary/aromatic N) is 2. The summed E-state index contributed by atoms with van der Waals surface area (Å²) >= 11 is 5.92. The fourth-order valence-corrected chi connectivity index (χ4v) is 2.33. The first-order chi connectivity index (χ1) is 9.52. The van der Waals surface area contributed by atoms with Crippen molar-refractivity contribution in [3.63, 3.8) is 0 Å². The molecule has 102 valence electrons. The first-order valence-corrected chi connectivity index (χ1v) is 6.89. The summed E-state index contributed by atoms with van der Waals surface area (Å²) in [6, 6.07) is 16.1. The minimum absolute atomic E-state index is 0.168. The Kier molecular flexibility index (Phi) is 4.32. The third-order valence-electron chi connectivity index (χ3n) is 3.59. The maximum Gasteiger partial charge on any atom is 0.101 e. The van der Waals surface area contributed by atoms with Gasteiger partial charge >= 0.3 is 0 Å². The summed E-state index contributed by atoms with van der Waals surface area (Å²) in [6.45, 7) is 4.15. The van der Waals surface area contributed by atoms with Gasteiger partial charge in [-0.15, -0.1) is 0 Å². The zero-order chi connectivity index (χ0) is 14.7. The van der Waals surface area contributed by atoms with Crippen LogP contribution in [0.25, 0.3) is 0 Å². The van der Waals surface area contributed by atoms with Crippen LogP contribution in [0.15, 0.2) is 42.5 Å². The number of aryl methyl sites for hydroxylation is 1. The van der Waals surface area contributed by atoms with Gasteiger partial charge in [0.05, 0.1) is 17.3 Å². The molecule has 0 aromatic heterocycles. The van der Waals surface area contributed by atoms with E-state index in [1.165, 1.54) is 5.56 Å². The molecule has 2 nitrogen and oxygen atoms in total. The van der Waals surface area contributed by atoms with Gasteiger partial charge in [-0.1, -0.05) is 29.8 Å². The van der Waals surface area contributed by atoms with E-state index in [2.05, 4.69) is 17.9 Å². The molecular weight excluding hydrogens is 268 g/mol. The minimum atomic E-state index is 0.168. The van der Waals surface area contributed by atoms with Crippen molar-refractivity contribution in [1.82, 2.24) is 0 Å². The molecule has 2 rings (SSSR count). The summed E-state index contributed by atoms with van der Waals surface area (Å²) in [4.78, 5) is 2.12. The SMILES string of the molecule is Cc1ccc(C#N)c(N(C)C(C)c2ccc(Cl)cc2)c1. The van der Waals surface area contributed by atoms with E-state index in [1.54, 1.807) is 0 Å². The summed E-state index contributed by atoms with van der Waals surface area (Å²) < 4.78 is 0. The first-order valence-electron chi connectivity index (χ1n) is 6.52. The van der Waals surface area contributed by atoms with E-state index in [1.807, 2.05) is 56.4 Å². The quantitative estimate of drug-likeness (QED) is 0.815. The second-order valence-corrected chi connectivity index (χ2v) is 5.41. The fourth-order valence-electron chi connectivity index (χ4n) is 2.20. The van der Waals surface area contributed by atoms with Crippen molar-refractivity contribution in [3.05, 3.63) is 64.2 Å². The Hall–Kier alpha value is -1.98. The van der Waals surface area contributed by atoms with Crippen LogP contribution < -0.4 is 4.90 Å². The Bertz CT molecular complexity index is 641. The Morgan fingerprint density at radius 3 is 2.40 bits per heavy atom. The highest BCUT2D eigenvalue weighted by Crippen LogP contribution is 2.29. The van der Waals surface area contributed by atoms with Crippen molar-refractivity contribution >= 4 is 17.3 Å². The zero-order valence-corrected chi connectivity index (χ0v) is 12.6. The molecule has 1 atom stereocenters. The average molecular weight is 285 g/mol. The summed E-state index contributed by atoms with van der Waals surface area (Å²) in [6.07, 6.45) is 0. The summed E-state index contributed by atoms with van der Waals surface area (Å²) in [7, 11) is 2.01. The smallest absolute Gasteiger partial charge is 0.101 e. The monoisotopic (exact) mass is 284 g/mol. The van der Waals surface area contributed by atoms with Crippen LogP contribution in [0, 0.1) is 18.3 Å². The molecule has 0 aliphatic carbocycles. The molecule has 0 fully saturated rings. The molecule has 1 unspecified atom stereocenters. The van der Waals surface area contributed by atoms with Crippen LogP contribution in [0.5, 0.6) is 0 Å². The van der Waals surface area contributed by atoms with Crippen LogP contribution in [0.4, 0.5) is 5.69 Å². The number of benzene rings is 2. The van der Waals surface area contributed by atoms with Gasteiger partial charge in [-0.2, -0.15) is 5.26 Å². The van der Waals surface area contributed by atoms with Crippen molar-refractivity contribution in [2.24, 2.45) is 0 Å². The highest BCUT2D eigenvalue weighted by Gasteiger charge is 2.15. The lowest BCUT2D eigenvalue weighted by molar-refractivity contribution is 0.738. The fraction of sp³-hybridized carbons (Fsp3) is 0.235. The van der Waals surface area contributed by atoms with Crippen LogP contribution in [-0.2, 0) is 0 Å². The predicted molar refractivity (Wildman–Crippen MR) is 84.2 cm³/mol. The maximum absolute atomic E-state index is 9.25. The summed E-state index contributed by atoms with van der Waals surface area (Å²) in [5.41, 5.74) is 3.96. The number of nitriles is 1.